The lowest BCUT2D eigenvalue weighted by molar-refractivity contribution is -0.0692. The molecule has 2 aliphatic rings. The van der Waals surface area contributed by atoms with Crippen molar-refractivity contribution in [3.8, 4) is 0 Å². The first-order valence-electron chi connectivity index (χ1n) is 5.21. The van der Waals surface area contributed by atoms with Crippen LogP contribution in [0.1, 0.15) is 19.3 Å². The van der Waals surface area contributed by atoms with Gasteiger partial charge < -0.3 is 14.6 Å². The van der Waals surface area contributed by atoms with E-state index in [1.165, 1.54) is 0 Å². The first-order valence-corrected chi connectivity index (χ1v) is 6.93. The highest BCUT2D eigenvalue weighted by molar-refractivity contribution is 7.92. The number of hydrogen-bond donors (Lipinski definition) is 1. The number of hydrogen-bond acceptors (Lipinski definition) is 5. The SMILES string of the molecule is O=S1(=O)CCCC1CC1OCC(CO)O1. The Bertz CT molecular complexity index is 312. The minimum absolute atomic E-state index is 0.0755. The third kappa shape index (κ3) is 2.50. The first-order chi connectivity index (χ1) is 7.12. The molecule has 0 bridgehead atoms. The van der Waals surface area contributed by atoms with E-state index in [4.69, 9.17) is 14.6 Å². The van der Waals surface area contributed by atoms with E-state index in [1.54, 1.807) is 0 Å². The van der Waals surface area contributed by atoms with Crippen LogP contribution >= 0.6 is 0 Å². The Kier molecular flexibility index (Phi) is 3.30. The zero-order chi connectivity index (χ0) is 10.9. The quantitative estimate of drug-likeness (QED) is 0.727. The van der Waals surface area contributed by atoms with Crippen LogP contribution in [-0.2, 0) is 19.3 Å². The van der Waals surface area contributed by atoms with Crippen molar-refractivity contribution >= 4 is 9.84 Å². The van der Waals surface area contributed by atoms with E-state index in [2.05, 4.69) is 0 Å². The normalized spacial score (nSPS) is 39.7. The van der Waals surface area contributed by atoms with E-state index in [9.17, 15) is 8.42 Å². The molecule has 88 valence electrons. The Labute approximate surface area is 89.3 Å². The van der Waals surface area contributed by atoms with Crippen molar-refractivity contribution in [3.63, 3.8) is 0 Å². The van der Waals surface area contributed by atoms with Crippen LogP contribution in [0, 0.1) is 0 Å². The molecule has 6 heteroatoms. The molecular formula is C9H16O5S. The van der Waals surface area contributed by atoms with Crippen molar-refractivity contribution in [3.05, 3.63) is 0 Å². The summed E-state index contributed by atoms with van der Waals surface area (Å²) in [6.45, 7) is 0.280. The van der Waals surface area contributed by atoms with Crippen molar-refractivity contribution in [1.29, 1.82) is 0 Å². The minimum atomic E-state index is -2.92. The summed E-state index contributed by atoms with van der Waals surface area (Å²) in [5.41, 5.74) is 0. The maximum absolute atomic E-state index is 11.5. The predicted molar refractivity (Wildman–Crippen MR) is 53.1 cm³/mol. The summed E-state index contributed by atoms with van der Waals surface area (Å²) < 4.78 is 33.7. The fourth-order valence-corrected chi connectivity index (χ4v) is 3.94. The largest absolute Gasteiger partial charge is 0.394 e. The smallest absolute Gasteiger partial charge is 0.159 e. The van der Waals surface area contributed by atoms with Gasteiger partial charge in [0, 0.05) is 6.42 Å². The van der Waals surface area contributed by atoms with Gasteiger partial charge in [0.15, 0.2) is 16.1 Å². The van der Waals surface area contributed by atoms with Gasteiger partial charge in [-0.1, -0.05) is 0 Å². The van der Waals surface area contributed by atoms with Crippen LogP contribution in [0.15, 0.2) is 0 Å². The molecule has 2 saturated heterocycles. The Morgan fingerprint density at radius 1 is 1.40 bits per heavy atom. The van der Waals surface area contributed by atoms with Crippen LogP contribution in [0.4, 0.5) is 0 Å². The van der Waals surface area contributed by atoms with Gasteiger partial charge in [-0.2, -0.15) is 0 Å². The van der Waals surface area contributed by atoms with E-state index in [0.717, 1.165) is 6.42 Å². The summed E-state index contributed by atoms with van der Waals surface area (Å²) in [5, 5.41) is 8.50. The number of aliphatic hydroxyl groups is 1. The molecule has 0 spiro atoms. The topological polar surface area (TPSA) is 72.8 Å². The van der Waals surface area contributed by atoms with Crippen LogP contribution in [0.5, 0.6) is 0 Å². The van der Waals surface area contributed by atoms with Crippen molar-refractivity contribution in [2.45, 2.75) is 36.9 Å². The van der Waals surface area contributed by atoms with Crippen LogP contribution in [0.2, 0.25) is 0 Å². The highest BCUT2D eigenvalue weighted by Gasteiger charge is 2.36. The standard InChI is InChI=1S/C9H16O5S/c10-5-7-6-13-9(14-7)4-8-2-1-3-15(8,11)12/h7-10H,1-6H2. The first kappa shape index (κ1) is 11.3. The van der Waals surface area contributed by atoms with Gasteiger partial charge in [0.1, 0.15) is 6.10 Å². The molecule has 3 unspecified atom stereocenters. The number of sulfone groups is 1. The zero-order valence-corrected chi connectivity index (χ0v) is 9.28. The van der Waals surface area contributed by atoms with E-state index in [-0.39, 0.29) is 23.7 Å². The highest BCUT2D eigenvalue weighted by atomic mass is 32.2. The second-order valence-corrected chi connectivity index (χ2v) is 6.47. The predicted octanol–water partition coefficient (Wildman–Crippen LogP) is -0.313. The Hall–Kier alpha value is -0.170. The summed E-state index contributed by atoms with van der Waals surface area (Å²) in [4.78, 5) is 0. The maximum Gasteiger partial charge on any atom is 0.159 e. The molecule has 0 aromatic carbocycles. The molecule has 2 aliphatic heterocycles. The third-order valence-corrected chi connectivity index (χ3v) is 5.24. The molecule has 2 heterocycles. The van der Waals surface area contributed by atoms with Crippen LogP contribution in [-0.4, -0.2) is 50.1 Å². The highest BCUT2D eigenvalue weighted by Crippen LogP contribution is 2.27. The van der Waals surface area contributed by atoms with Gasteiger partial charge in [0.05, 0.1) is 24.2 Å². The minimum Gasteiger partial charge on any atom is -0.394 e. The zero-order valence-electron chi connectivity index (χ0n) is 8.46. The lowest BCUT2D eigenvalue weighted by Gasteiger charge is -2.14. The van der Waals surface area contributed by atoms with Gasteiger partial charge >= 0.3 is 0 Å². The average molecular weight is 236 g/mol. The summed E-state index contributed by atoms with van der Waals surface area (Å²) in [5.74, 6) is 0.286. The van der Waals surface area contributed by atoms with Crippen molar-refractivity contribution in [2.24, 2.45) is 0 Å². The van der Waals surface area contributed by atoms with Crippen LogP contribution < -0.4 is 0 Å². The third-order valence-electron chi connectivity index (χ3n) is 2.93. The van der Waals surface area contributed by atoms with Gasteiger partial charge in [0.2, 0.25) is 0 Å². The molecule has 0 aliphatic carbocycles. The van der Waals surface area contributed by atoms with Gasteiger partial charge in [-0.3, -0.25) is 0 Å². The monoisotopic (exact) mass is 236 g/mol. The van der Waals surface area contributed by atoms with Crippen LogP contribution in [0.3, 0.4) is 0 Å². The second kappa shape index (κ2) is 4.37. The van der Waals surface area contributed by atoms with E-state index in [0.29, 0.717) is 19.4 Å². The molecule has 0 aromatic rings. The molecule has 0 saturated carbocycles. The lowest BCUT2D eigenvalue weighted by atomic mass is 10.2. The van der Waals surface area contributed by atoms with Gasteiger partial charge in [-0.15, -0.1) is 0 Å². The van der Waals surface area contributed by atoms with Crippen LogP contribution in [0.25, 0.3) is 0 Å². The Morgan fingerprint density at radius 3 is 2.73 bits per heavy atom. The molecule has 2 rings (SSSR count). The van der Waals surface area contributed by atoms with Crippen molar-refractivity contribution in [2.75, 3.05) is 19.0 Å². The average Bonchev–Trinajstić information content (AvgIpc) is 2.75. The summed E-state index contributed by atoms with van der Waals surface area (Å²) >= 11 is 0. The van der Waals surface area contributed by atoms with E-state index in [1.807, 2.05) is 0 Å². The molecule has 3 atom stereocenters. The fraction of sp³-hybridized carbons (Fsp3) is 1.00. The summed E-state index contributed by atoms with van der Waals surface area (Å²) in [6, 6.07) is 0. The molecule has 0 amide bonds. The van der Waals surface area contributed by atoms with Gasteiger partial charge in [-0.05, 0) is 12.8 Å². The summed E-state index contributed by atoms with van der Waals surface area (Å²) in [6.07, 6.45) is 1.09. The number of aliphatic hydroxyl groups excluding tert-OH is 1. The molecule has 2 fully saturated rings. The lowest BCUT2D eigenvalue weighted by Crippen LogP contribution is -2.24. The fourth-order valence-electron chi connectivity index (χ4n) is 2.06. The number of ether oxygens (including phenoxy) is 2. The molecule has 5 nitrogen and oxygen atoms in total. The molecule has 0 aromatic heterocycles. The molecule has 0 radical (unpaired) electrons. The van der Waals surface area contributed by atoms with Gasteiger partial charge in [0.25, 0.3) is 0 Å². The molecule has 1 N–H and O–H groups in total. The summed E-state index contributed by atoms with van der Waals surface area (Å²) in [7, 11) is -2.92. The second-order valence-electron chi connectivity index (χ2n) is 4.07. The number of rotatable bonds is 3. The molecular weight excluding hydrogens is 220 g/mol. The van der Waals surface area contributed by atoms with Crippen molar-refractivity contribution < 1.29 is 23.0 Å². The van der Waals surface area contributed by atoms with E-state index < -0.39 is 16.1 Å². The maximum atomic E-state index is 11.5. The van der Waals surface area contributed by atoms with E-state index >= 15 is 0 Å². The van der Waals surface area contributed by atoms with Gasteiger partial charge in [-0.25, -0.2) is 8.42 Å². The molecule has 15 heavy (non-hydrogen) atoms. The Balaban J connectivity index is 1.88. The van der Waals surface area contributed by atoms with Crippen molar-refractivity contribution in [1.82, 2.24) is 0 Å². The Morgan fingerprint density at radius 2 is 2.20 bits per heavy atom.